The fourth-order valence-electron chi connectivity index (χ4n) is 2.16. The molecule has 0 aliphatic carbocycles. The number of hydrogen-bond donors (Lipinski definition) is 0. The average Bonchev–Trinajstić information content (AvgIpc) is 2.23. The van der Waals surface area contributed by atoms with Crippen molar-refractivity contribution < 1.29 is 4.74 Å². The van der Waals surface area contributed by atoms with Gasteiger partial charge in [0.2, 0.25) is 0 Å². The molecule has 0 bridgehead atoms. The van der Waals surface area contributed by atoms with Gasteiger partial charge in [0.1, 0.15) is 0 Å². The summed E-state index contributed by atoms with van der Waals surface area (Å²) in [6, 6.07) is 0. The Kier molecular flexibility index (Phi) is 6.22. The van der Waals surface area contributed by atoms with Gasteiger partial charge in [-0.3, -0.25) is 0 Å². The first-order valence-corrected chi connectivity index (χ1v) is 6.12. The monoisotopic (exact) mass is 214 g/mol. The minimum Gasteiger partial charge on any atom is -0.383 e. The van der Waals surface area contributed by atoms with Crippen LogP contribution in [-0.2, 0) is 4.74 Å². The Morgan fingerprint density at radius 3 is 2.87 bits per heavy atom. The van der Waals surface area contributed by atoms with Crippen LogP contribution in [0.3, 0.4) is 0 Å². The number of methoxy groups -OCH3 is 1. The van der Waals surface area contributed by atoms with Gasteiger partial charge in [0.25, 0.3) is 0 Å². The molecule has 0 unspecified atom stereocenters. The van der Waals surface area contributed by atoms with Crippen molar-refractivity contribution >= 4 is 0 Å². The fourth-order valence-corrected chi connectivity index (χ4v) is 2.16. The van der Waals surface area contributed by atoms with E-state index in [2.05, 4.69) is 23.8 Å². The summed E-state index contributed by atoms with van der Waals surface area (Å²) in [5, 5.41) is 0. The van der Waals surface area contributed by atoms with E-state index in [0.29, 0.717) is 0 Å². The highest BCUT2D eigenvalue weighted by atomic mass is 16.5. The van der Waals surface area contributed by atoms with E-state index >= 15 is 0 Å². The van der Waals surface area contributed by atoms with Gasteiger partial charge in [-0.25, -0.2) is 0 Å². The molecule has 0 spiro atoms. The van der Waals surface area contributed by atoms with Crippen LogP contribution >= 0.6 is 0 Å². The lowest BCUT2D eigenvalue weighted by atomic mass is 10.0. The van der Waals surface area contributed by atoms with E-state index in [1.54, 1.807) is 7.11 Å². The summed E-state index contributed by atoms with van der Waals surface area (Å²) in [4.78, 5) is 4.94. The quantitative estimate of drug-likeness (QED) is 0.663. The van der Waals surface area contributed by atoms with Crippen LogP contribution in [0.1, 0.15) is 19.8 Å². The van der Waals surface area contributed by atoms with Crippen LogP contribution in [0.4, 0.5) is 0 Å². The molecule has 0 amide bonds. The lowest BCUT2D eigenvalue weighted by Crippen LogP contribution is -2.39. The number of piperidine rings is 1. The van der Waals surface area contributed by atoms with E-state index < -0.39 is 0 Å². The summed E-state index contributed by atoms with van der Waals surface area (Å²) < 4.78 is 5.07. The second kappa shape index (κ2) is 7.20. The summed E-state index contributed by atoms with van der Waals surface area (Å²) in [6.07, 6.45) is 2.79. The highest BCUT2D eigenvalue weighted by molar-refractivity contribution is 4.70. The lowest BCUT2D eigenvalue weighted by Gasteiger charge is -2.32. The molecule has 0 radical (unpaired) electrons. The number of nitrogens with zero attached hydrogens (tertiary/aromatic N) is 2. The van der Waals surface area contributed by atoms with Gasteiger partial charge in [-0.15, -0.1) is 0 Å². The molecular formula is C12H26N2O. The number of hydrogen-bond acceptors (Lipinski definition) is 3. The number of ether oxygens (including phenoxy) is 1. The van der Waals surface area contributed by atoms with Gasteiger partial charge in [-0.05, 0) is 32.4 Å². The Bertz CT molecular complexity index is 164. The normalized spacial score (nSPS) is 23.6. The fraction of sp³-hybridized carbons (Fsp3) is 1.00. The van der Waals surface area contributed by atoms with Crippen molar-refractivity contribution in [3.63, 3.8) is 0 Å². The maximum atomic E-state index is 5.07. The van der Waals surface area contributed by atoms with Crippen LogP contribution < -0.4 is 0 Å². The molecule has 1 heterocycles. The topological polar surface area (TPSA) is 15.7 Å². The highest BCUT2D eigenvalue weighted by Crippen LogP contribution is 2.14. The van der Waals surface area contributed by atoms with Crippen LogP contribution in [0.5, 0.6) is 0 Å². The molecular weight excluding hydrogens is 188 g/mol. The van der Waals surface area contributed by atoms with Crippen LogP contribution in [0.2, 0.25) is 0 Å². The minimum absolute atomic E-state index is 0.840. The molecule has 90 valence electrons. The van der Waals surface area contributed by atoms with Gasteiger partial charge in [-0.1, -0.05) is 6.92 Å². The summed E-state index contributed by atoms with van der Waals surface area (Å²) in [6.45, 7) is 9.20. The zero-order chi connectivity index (χ0) is 11.1. The van der Waals surface area contributed by atoms with E-state index in [9.17, 15) is 0 Å². The van der Waals surface area contributed by atoms with Crippen molar-refractivity contribution in [2.75, 3.05) is 53.5 Å². The van der Waals surface area contributed by atoms with Crippen LogP contribution in [-0.4, -0.2) is 63.3 Å². The third-order valence-electron chi connectivity index (χ3n) is 3.22. The van der Waals surface area contributed by atoms with Crippen molar-refractivity contribution in [3.8, 4) is 0 Å². The van der Waals surface area contributed by atoms with E-state index in [1.165, 1.54) is 32.5 Å². The van der Waals surface area contributed by atoms with Crippen molar-refractivity contribution in [1.82, 2.24) is 9.80 Å². The van der Waals surface area contributed by atoms with Crippen LogP contribution in [0.25, 0.3) is 0 Å². The first-order valence-electron chi connectivity index (χ1n) is 6.12. The molecule has 0 aromatic rings. The zero-order valence-electron chi connectivity index (χ0n) is 10.5. The Hall–Kier alpha value is -0.120. The summed E-state index contributed by atoms with van der Waals surface area (Å²) in [7, 11) is 3.94. The van der Waals surface area contributed by atoms with Gasteiger partial charge < -0.3 is 14.5 Å². The summed E-state index contributed by atoms with van der Waals surface area (Å²) in [5.74, 6) is 0.892. The van der Waals surface area contributed by atoms with E-state index in [4.69, 9.17) is 4.74 Å². The third-order valence-corrected chi connectivity index (χ3v) is 3.22. The van der Waals surface area contributed by atoms with Crippen LogP contribution in [0.15, 0.2) is 0 Å². The highest BCUT2D eigenvalue weighted by Gasteiger charge is 2.15. The number of likely N-dealkylation sites (tertiary alicyclic amines) is 1. The summed E-state index contributed by atoms with van der Waals surface area (Å²) >= 11 is 0. The molecule has 1 fully saturated rings. The Labute approximate surface area is 94.4 Å². The molecule has 3 nitrogen and oxygen atoms in total. The van der Waals surface area contributed by atoms with Crippen molar-refractivity contribution in [3.05, 3.63) is 0 Å². The van der Waals surface area contributed by atoms with Crippen molar-refractivity contribution in [1.29, 1.82) is 0 Å². The zero-order valence-corrected chi connectivity index (χ0v) is 10.5. The SMILES string of the molecule is COCCN(C)CCN1CCC[C@@H](C)C1. The van der Waals surface area contributed by atoms with E-state index in [0.717, 1.165) is 25.6 Å². The van der Waals surface area contributed by atoms with Crippen LogP contribution in [0, 0.1) is 5.92 Å². The van der Waals surface area contributed by atoms with Gasteiger partial charge in [-0.2, -0.15) is 0 Å². The largest absolute Gasteiger partial charge is 0.383 e. The Morgan fingerprint density at radius 2 is 2.20 bits per heavy atom. The first-order chi connectivity index (χ1) is 7.22. The molecule has 0 saturated carbocycles. The van der Waals surface area contributed by atoms with Crippen molar-refractivity contribution in [2.24, 2.45) is 5.92 Å². The minimum atomic E-state index is 0.840. The summed E-state index contributed by atoms with van der Waals surface area (Å²) in [5.41, 5.74) is 0. The predicted molar refractivity (Wildman–Crippen MR) is 64.2 cm³/mol. The van der Waals surface area contributed by atoms with Gasteiger partial charge in [0.05, 0.1) is 6.61 Å². The van der Waals surface area contributed by atoms with Crippen molar-refractivity contribution in [2.45, 2.75) is 19.8 Å². The molecule has 1 aliphatic heterocycles. The van der Waals surface area contributed by atoms with Gasteiger partial charge in [0, 0.05) is 33.3 Å². The van der Waals surface area contributed by atoms with E-state index in [-0.39, 0.29) is 0 Å². The Balaban J connectivity index is 2.07. The number of likely N-dealkylation sites (N-methyl/N-ethyl adjacent to an activating group) is 1. The third kappa shape index (κ3) is 5.50. The molecule has 1 aliphatic rings. The van der Waals surface area contributed by atoms with Gasteiger partial charge >= 0.3 is 0 Å². The van der Waals surface area contributed by atoms with E-state index in [1.807, 2.05) is 0 Å². The second-order valence-corrected chi connectivity index (χ2v) is 4.84. The molecule has 0 N–H and O–H groups in total. The molecule has 1 atom stereocenters. The molecule has 1 saturated heterocycles. The molecule has 15 heavy (non-hydrogen) atoms. The molecule has 0 aromatic carbocycles. The Morgan fingerprint density at radius 1 is 1.40 bits per heavy atom. The smallest absolute Gasteiger partial charge is 0.0589 e. The molecule has 1 rings (SSSR count). The van der Waals surface area contributed by atoms with Gasteiger partial charge in [0.15, 0.2) is 0 Å². The number of rotatable bonds is 6. The first kappa shape index (κ1) is 12.9. The second-order valence-electron chi connectivity index (χ2n) is 4.84. The maximum absolute atomic E-state index is 5.07. The average molecular weight is 214 g/mol. The maximum Gasteiger partial charge on any atom is 0.0589 e. The molecule has 3 heteroatoms. The standard InChI is InChI=1S/C12H26N2O/c1-12-5-4-6-14(11-12)8-7-13(2)9-10-15-3/h12H,4-11H2,1-3H3/t12-/m1/s1. The lowest BCUT2D eigenvalue weighted by molar-refractivity contribution is 0.135. The molecule has 0 aromatic heterocycles. The predicted octanol–water partition coefficient (Wildman–Crippen LogP) is 1.30.